The molecule has 0 saturated heterocycles. The van der Waals surface area contributed by atoms with Gasteiger partial charge < -0.3 is 4.74 Å². The van der Waals surface area contributed by atoms with Gasteiger partial charge in [0, 0.05) is 5.69 Å². The van der Waals surface area contributed by atoms with Gasteiger partial charge in [0.15, 0.2) is 0 Å². The number of nitriles is 1. The van der Waals surface area contributed by atoms with E-state index in [1.807, 2.05) is 42.5 Å². The van der Waals surface area contributed by atoms with E-state index in [2.05, 4.69) is 11.4 Å². The van der Waals surface area contributed by atoms with E-state index in [0.717, 1.165) is 28.7 Å². The number of hydrogen-bond acceptors (Lipinski definition) is 3. The van der Waals surface area contributed by atoms with E-state index < -0.39 is 0 Å². The molecule has 28 heavy (non-hydrogen) atoms. The van der Waals surface area contributed by atoms with Gasteiger partial charge in [-0.05, 0) is 91.2 Å². The number of hydrogen-bond donors (Lipinski definition) is 1. The molecular formula is C24H24N2O2. The second kappa shape index (κ2) is 6.98. The van der Waals surface area contributed by atoms with Crippen LogP contribution in [-0.4, -0.2) is 12.2 Å². The third-order valence-electron chi connectivity index (χ3n) is 6.84. The molecule has 4 nitrogen and oxygen atoms in total. The molecule has 4 fully saturated rings. The second-order valence-corrected chi connectivity index (χ2v) is 8.70. The van der Waals surface area contributed by atoms with Gasteiger partial charge >= 0.3 is 6.09 Å². The number of benzene rings is 2. The van der Waals surface area contributed by atoms with Gasteiger partial charge in [-0.2, -0.15) is 5.26 Å². The summed E-state index contributed by atoms with van der Waals surface area (Å²) in [5, 5.41) is 11.9. The zero-order valence-corrected chi connectivity index (χ0v) is 15.8. The van der Waals surface area contributed by atoms with Crippen LogP contribution in [0.25, 0.3) is 11.1 Å². The minimum atomic E-state index is -0.336. The number of nitrogens with zero attached hydrogens (tertiary/aromatic N) is 1. The molecule has 142 valence electrons. The zero-order valence-electron chi connectivity index (χ0n) is 15.8. The summed E-state index contributed by atoms with van der Waals surface area (Å²) in [5.41, 5.74) is 3.37. The molecule has 4 aliphatic carbocycles. The Bertz CT molecular complexity index is 900. The Hall–Kier alpha value is -2.80. The topological polar surface area (TPSA) is 62.1 Å². The molecule has 4 aliphatic rings. The van der Waals surface area contributed by atoms with Crippen molar-refractivity contribution in [2.45, 2.75) is 38.2 Å². The van der Waals surface area contributed by atoms with Crippen LogP contribution in [0.3, 0.4) is 0 Å². The summed E-state index contributed by atoms with van der Waals surface area (Å²) in [6, 6.07) is 17.3. The molecule has 4 saturated carbocycles. The average Bonchev–Trinajstić information content (AvgIpc) is 2.71. The lowest BCUT2D eigenvalue weighted by molar-refractivity contribution is -0.0933. The normalized spacial score (nSPS) is 29.9. The molecule has 0 radical (unpaired) electrons. The summed E-state index contributed by atoms with van der Waals surface area (Å²) >= 11 is 0. The molecule has 0 aliphatic heterocycles. The number of rotatable bonds is 3. The molecule has 4 heteroatoms. The van der Waals surface area contributed by atoms with E-state index in [0.29, 0.717) is 17.4 Å². The smallest absolute Gasteiger partial charge is 0.411 e. The van der Waals surface area contributed by atoms with Crippen LogP contribution in [0.1, 0.15) is 37.7 Å². The van der Waals surface area contributed by atoms with Crippen LogP contribution < -0.4 is 5.32 Å². The lowest BCUT2D eigenvalue weighted by Gasteiger charge is -2.53. The Balaban J connectivity index is 1.23. The van der Waals surface area contributed by atoms with Crippen molar-refractivity contribution in [3.05, 3.63) is 54.1 Å². The molecule has 1 N–H and O–H groups in total. The van der Waals surface area contributed by atoms with Crippen LogP contribution >= 0.6 is 0 Å². The molecule has 0 aromatic heterocycles. The minimum Gasteiger partial charge on any atom is -0.445 e. The van der Waals surface area contributed by atoms with Gasteiger partial charge in [-0.25, -0.2) is 4.79 Å². The first-order chi connectivity index (χ1) is 13.7. The van der Waals surface area contributed by atoms with Crippen molar-refractivity contribution in [2.75, 3.05) is 5.32 Å². The Morgan fingerprint density at radius 2 is 1.61 bits per heavy atom. The number of nitrogens with one attached hydrogen (secondary N) is 1. The lowest BCUT2D eigenvalue weighted by Crippen LogP contribution is -2.50. The second-order valence-electron chi connectivity index (χ2n) is 8.70. The van der Waals surface area contributed by atoms with Crippen LogP contribution in [0, 0.1) is 35.0 Å². The highest BCUT2D eigenvalue weighted by Crippen LogP contribution is 2.54. The summed E-state index contributed by atoms with van der Waals surface area (Å²) in [7, 11) is 0. The molecule has 2 aromatic rings. The Kier molecular flexibility index (Phi) is 4.31. The molecule has 4 bridgehead atoms. The lowest BCUT2D eigenvalue weighted by atomic mass is 9.55. The fourth-order valence-electron chi connectivity index (χ4n) is 5.85. The molecule has 1 amide bonds. The molecule has 6 rings (SSSR count). The van der Waals surface area contributed by atoms with Crippen molar-refractivity contribution in [2.24, 2.45) is 23.7 Å². The summed E-state index contributed by atoms with van der Waals surface area (Å²) < 4.78 is 5.89. The maximum absolute atomic E-state index is 12.5. The predicted octanol–water partition coefficient (Wildman–Crippen LogP) is 5.60. The minimum absolute atomic E-state index is 0.0980. The first-order valence-electron chi connectivity index (χ1n) is 10.3. The first kappa shape index (κ1) is 17.3. The molecule has 0 spiro atoms. The molecule has 0 heterocycles. The van der Waals surface area contributed by atoms with E-state index in [-0.39, 0.29) is 12.2 Å². The van der Waals surface area contributed by atoms with Gasteiger partial charge in [0.25, 0.3) is 0 Å². The Morgan fingerprint density at radius 1 is 0.929 bits per heavy atom. The van der Waals surface area contributed by atoms with Gasteiger partial charge in [0.05, 0.1) is 11.6 Å². The van der Waals surface area contributed by atoms with E-state index in [1.54, 1.807) is 6.07 Å². The number of anilines is 1. The van der Waals surface area contributed by atoms with Crippen LogP contribution in [0.5, 0.6) is 0 Å². The molecule has 0 atom stereocenters. The van der Waals surface area contributed by atoms with Gasteiger partial charge in [0.2, 0.25) is 0 Å². The van der Waals surface area contributed by atoms with Crippen molar-refractivity contribution in [1.82, 2.24) is 0 Å². The number of amides is 1. The quantitative estimate of drug-likeness (QED) is 0.763. The van der Waals surface area contributed by atoms with Gasteiger partial charge in [-0.1, -0.05) is 24.3 Å². The highest BCUT2D eigenvalue weighted by atomic mass is 16.6. The van der Waals surface area contributed by atoms with E-state index in [9.17, 15) is 4.79 Å². The van der Waals surface area contributed by atoms with Gasteiger partial charge in [-0.3, -0.25) is 5.32 Å². The monoisotopic (exact) mass is 372 g/mol. The SMILES string of the molecule is N#Cc1cccc(-c2ccc(NC(=O)OC3C4CC5CC(C4)CC3C5)cc2)c1. The van der Waals surface area contributed by atoms with Gasteiger partial charge in [0.1, 0.15) is 6.10 Å². The van der Waals surface area contributed by atoms with Crippen LogP contribution in [0.4, 0.5) is 10.5 Å². The van der Waals surface area contributed by atoms with E-state index in [4.69, 9.17) is 10.00 Å². The van der Waals surface area contributed by atoms with Crippen LogP contribution in [0.15, 0.2) is 48.5 Å². The number of carbonyl (C=O) groups is 1. The van der Waals surface area contributed by atoms with Crippen molar-refractivity contribution < 1.29 is 9.53 Å². The van der Waals surface area contributed by atoms with Crippen molar-refractivity contribution >= 4 is 11.8 Å². The maximum atomic E-state index is 12.5. The maximum Gasteiger partial charge on any atom is 0.411 e. The summed E-state index contributed by atoms with van der Waals surface area (Å²) in [6.45, 7) is 0. The first-order valence-corrected chi connectivity index (χ1v) is 10.3. The summed E-state index contributed by atoms with van der Waals surface area (Å²) in [4.78, 5) is 12.5. The largest absolute Gasteiger partial charge is 0.445 e. The third-order valence-corrected chi connectivity index (χ3v) is 6.84. The standard InChI is InChI=1S/C24H24N2O2/c25-14-15-2-1-3-19(9-15)18-4-6-22(7-5-18)26-24(27)28-23-20-10-16-8-17(12-20)13-21(23)11-16/h1-7,9,16-17,20-21,23H,8,10-13H2,(H,26,27). The highest BCUT2D eigenvalue weighted by molar-refractivity contribution is 5.85. The van der Waals surface area contributed by atoms with E-state index >= 15 is 0 Å². The molecular weight excluding hydrogens is 348 g/mol. The van der Waals surface area contributed by atoms with E-state index in [1.165, 1.54) is 32.1 Å². The Labute approximate surface area is 165 Å². The van der Waals surface area contributed by atoms with Crippen LogP contribution in [0.2, 0.25) is 0 Å². The highest BCUT2D eigenvalue weighted by Gasteiger charge is 2.49. The van der Waals surface area contributed by atoms with Gasteiger partial charge in [-0.15, -0.1) is 0 Å². The summed E-state index contributed by atoms with van der Waals surface area (Å²) in [5.74, 6) is 2.88. The molecule has 0 unspecified atom stereocenters. The summed E-state index contributed by atoms with van der Waals surface area (Å²) in [6.07, 6.45) is 6.11. The predicted molar refractivity (Wildman–Crippen MR) is 108 cm³/mol. The molecule has 2 aromatic carbocycles. The fourth-order valence-corrected chi connectivity index (χ4v) is 5.85. The fraction of sp³-hybridized carbons (Fsp3) is 0.417. The average molecular weight is 372 g/mol. The van der Waals surface area contributed by atoms with Crippen molar-refractivity contribution in [3.63, 3.8) is 0 Å². The van der Waals surface area contributed by atoms with Crippen molar-refractivity contribution in [3.8, 4) is 17.2 Å². The Morgan fingerprint density at radius 3 is 2.25 bits per heavy atom. The number of ether oxygens (including phenoxy) is 1. The number of carbonyl (C=O) groups excluding carboxylic acids is 1. The zero-order chi connectivity index (χ0) is 19.1. The van der Waals surface area contributed by atoms with Crippen LogP contribution in [-0.2, 0) is 4.74 Å². The van der Waals surface area contributed by atoms with Crippen molar-refractivity contribution in [1.29, 1.82) is 5.26 Å². The third kappa shape index (κ3) is 3.26.